The predicted octanol–water partition coefficient (Wildman–Crippen LogP) is 3.75. The van der Waals surface area contributed by atoms with E-state index in [4.69, 9.17) is 0 Å². The minimum atomic E-state index is -0.424. The molecule has 0 aromatic heterocycles. The van der Waals surface area contributed by atoms with Crippen molar-refractivity contribution in [1.29, 1.82) is 0 Å². The summed E-state index contributed by atoms with van der Waals surface area (Å²) in [4.78, 5) is 11.1. The van der Waals surface area contributed by atoms with Crippen LogP contribution in [0.1, 0.15) is 43.1 Å². The van der Waals surface area contributed by atoms with Gasteiger partial charge in [-0.3, -0.25) is 4.79 Å². The Morgan fingerprint density at radius 3 is 2.43 bits per heavy atom. The molecule has 0 radical (unpaired) electrons. The molecule has 0 aliphatic heterocycles. The van der Waals surface area contributed by atoms with Crippen LogP contribution in [-0.2, 0) is 0 Å². The minimum absolute atomic E-state index is 0.142. The highest BCUT2D eigenvalue weighted by molar-refractivity contribution is 5.96. The summed E-state index contributed by atoms with van der Waals surface area (Å²) in [6.07, 6.45) is 0.348. The molecule has 0 amide bonds. The van der Waals surface area contributed by atoms with Crippen LogP contribution in [0.5, 0.6) is 0 Å². The highest BCUT2D eigenvalue weighted by atomic mass is 19.1. The molecule has 0 spiro atoms. The second kappa shape index (κ2) is 6.30. The number of hydrogen-bond donors (Lipinski definition) is 0. The molecule has 0 atom stereocenters. The van der Waals surface area contributed by atoms with E-state index in [-0.39, 0.29) is 11.3 Å². The molecular weight excluding hydrogens is 179 g/mol. The number of halogens is 1. The van der Waals surface area contributed by atoms with Crippen LogP contribution >= 0.6 is 0 Å². The van der Waals surface area contributed by atoms with Crippen LogP contribution in [0.4, 0.5) is 4.39 Å². The lowest BCUT2D eigenvalue weighted by Gasteiger charge is -2.00. The maximum absolute atomic E-state index is 13.0. The molecule has 0 aliphatic rings. The molecule has 0 saturated carbocycles. The third-order valence-corrected chi connectivity index (χ3v) is 1.74. The fourth-order valence-corrected chi connectivity index (χ4v) is 1.04. The zero-order valence-corrected chi connectivity index (χ0v) is 9.23. The molecular formula is C12H17FO. The molecule has 1 rings (SSSR count). The average Bonchev–Trinajstić information content (AvgIpc) is 2.23. The van der Waals surface area contributed by atoms with Crippen molar-refractivity contribution >= 4 is 5.78 Å². The summed E-state index contributed by atoms with van der Waals surface area (Å²) in [6.45, 7) is 7.57. The molecule has 0 unspecified atom stereocenters. The van der Waals surface area contributed by atoms with Gasteiger partial charge in [0, 0.05) is 6.42 Å². The zero-order valence-electron chi connectivity index (χ0n) is 9.23. The Bertz CT molecular complexity index is 305. The molecule has 1 aromatic rings. The van der Waals surface area contributed by atoms with Gasteiger partial charge in [0.25, 0.3) is 0 Å². The van der Waals surface area contributed by atoms with Gasteiger partial charge in [-0.15, -0.1) is 0 Å². The molecule has 14 heavy (non-hydrogen) atoms. The lowest BCUT2D eigenvalue weighted by molar-refractivity contribution is 0.0984. The van der Waals surface area contributed by atoms with Crippen molar-refractivity contribution in [1.82, 2.24) is 0 Å². The highest BCUT2D eigenvalue weighted by Gasteiger charge is 2.08. The molecule has 0 bridgehead atoms. The van der Waals surface area contributed by atoms with Crippen LogP contribution in [0.2, 0.25) is 0 Å². The van der Waals surface area contributed by atoms with E-state index in [2.05, 4.69) is 0 Å². The van der Waals surface area contributed by atoms with E-state index in [9.17, 15) is 9.18 Å². The molecule has 0 heterocycles. The first-order valence-electron chi connectivity index (χ1n) is 4.94. The normalized spacial score (nSPS) is 8.93. The van der Waals surface area contributed by atoms with Gasteiger partial charge in [0.15, 0.2) is 5.78 Å². The van der Waals surface area contributed by atoms with Crippen molar-refractivity contribution in [2.24, 2.45) is 0 Å². The predicted molar refractivity (Wildman–Crippen MR) is 57.1 cm³/mol. The van der Waals surface area contributed by atoms with E-state index in [0.29, 0.717) is 6.42 Å². The van der Waals surface area contributed by atoms with Crippen LogP contribution in [0.3, 0.4) is 0 Å². The quantitative estimate of drug-likeness (QED) is 0.658. The topological polar surface area (TPSA) is 17.1 Å². The Balaban J connectivity index is 0.000000791. The molecule has 2 heteroatoms. The van der Waals surface area contributed by atoms with Gasteiger partial charge in [-0.1, -0.05) is 32.4 Å². The van der Waals surface area contributed by atoms with E-state index < -0.39 is 5.82 Å². The number of carbonyl (C=O) groups excluding carboxylic acids is 1. The lowest BCUT2D eigenvalue weighted by Crippen LogP contribution is -2.00. The van der Waals surface area contributed by atoms with Crippen LogP contribution in [0, 0.1) is 12.7 Å². The van der Waals surface area contributed by atoms with Crippen LogP contribution < -0.4 is 0 Å². The Kier molecular flexibility index (Phi) is 5.77. The average molecular weight is 196 g/mol. The fourth-order valence-electron chi connectivity index (χ4n) is 1.04. The van der Waals surface area contributed by atoms with Crippen molar-refractivity contribution in [3.05, 3.63) is 35.1 Å². The van der Waals surface area contributed by atoms with Gasteiger partial charge < -0.3 is 0 Å². The molecule has 1 aromatic carbocycles. The van der Waals surface area contributed by atoms with Crippen molar-refractivity contribution in [3.63, 3.8) is 0 Å². The van der Waals surface area contributed by atoms with Gasteiger partial charge in [0.2, 0.25) is 0 Å². The molecule has 0 aliphatic carbocycles. The number of aryl methyl sites for hydroxylation is 1. The maximum Gasteiger partial charge on any atom is 0.165 e. The summed E-state index contributed by atoms with van der Waals surface area (Å²) in [5, 5.41) is 0. The van der Waals surface area contributed by atoms with Crippen molar-refractivity contribution in [2.75, 3.05) is 0 Å². The monoisotopic (exact) mass is 196 g/mol. The second-order valence-electron chi connectivity index (χ2n) is 2.76. The Hall–Kier alpha value is -1.18. The molecule has 78 valence electrons. The second-order valence-corrected chi connectivity index (χ2v) is 2.76. The van der Waals surface area contributed by atoms with E-state index >= 15 is 0 Å². The SMILES string of the molecule is CC.CCC(=O)c1cc(C)ccc1F. The lowest BCUT2D eigenvalue weighted by atomic mass is 10.1. The van der Waals surface area contributed by atoms with E-state index in [1.807, 2.05) is 20.8 Å². The number of carbonyl (C=O) groups is 1. The highest BCUT2D eigenvalue weighted by Crippen LogP contribution is 2.11. The summed E-state index contributed by atoms with van der Waals surface area (Å²) in [6, 6.07) is 4.57. The van der Waals surface area contributed by atoms with Crippen molar-refractivity contribution < 1.29 is 9.18 Å². The number of rotatable bonds is 2. The smallest absolute Gasteiger partial charge is 0.165 e. The van der Waals surface area contributed by atoms with E-state index in [0.717, 1.165) is 5.56 Å². The first-order chi connectivity index (χ1) is 6.65. The van der Waals surface area contributed by atoms with Gasteiger partial charge >= 0.3 is 0 Å². The summed E-state index contributed by atoms with van der Waals surface area (Å²) in [7, 11) is 0. The summed E-state index contributed by atoms with van der Waals surface area (Å²) in [5.41, 5.74) is 1.12. The first kappa shape index (κ1) is 12.8. The van der Waals surface area contributed by atoms with Gasteiger partial charge in [-0.25, -0.2) is 4.39 Å². The van der Waals surface area contributed by atoms with Crippen molar-refractivity contribution in [2.45, 2.75) is 34.1 Å². The van der Waals surface area contributed by atoms with Gasteiger partial charge in [-0.05, 0) is 19.1 Å². The van der Waals surface area contributed by atoms with Gasteiger partial charge in [0.1, 0.15) is 5.82 Å². The van der Waals surface area contributed by atoms with Crippen LogP contribution in [-0.4, -0.2) is 5.78 Å². The Labute approximate surface area is 85.0 Å². The molecule has 0 fully saturated rings. The number of Topliss-reactive ketones (excluding diaryl/α,β-unsaturated/α-hetero) is 1. The first-order valence-corrected chi connectivity index (χ1v) is 4.94. The summed E-state index contributed by atoms with van der Waals surface area (Å²) < 4.78 is 13.0. The zero-order chi connectivity index (χ0) is 11.1. The fraction of sp³-hybridized carbons (Fsp3) is 0.417. The number of ketones is 1. The van der Waals surface area contributed by atoms with Crippen LogP contribution in [0.15, 0.2) is 18.2 Å². The standard InChI is InChI=1S/C10H11FO.C2H6/c1-3-10(12)8-6-7(2)4-5-9(8)11;1-2/h4-6H,3H2,1-2H3;1-2H3. The Morgan fingerprint density at radius 1 is 1.36 bits per heavy atom. The van der Waals surface area contributed by atoms with Crippen LogP contribution in [0.25, 0.3) is 0 Å². The third kappa shape index (κ3) is 3.29. The minimum Gasteiger partial charge on any atom is -0.294 e. The summed E-state index contributed by atoms with van der Waals surface area (Å²) in [5.74, 6) is -0.566. The van der Waals surface area contributed by atoms with Crippen molar-refractivity contribution in [3.8, 4) is 0 Å². The Morgan fingerprint density at radius 2 is 1.93 bits per heavy atom. The molecule has 1 nitrogen and oxygen atoms in total. The van der Waals surface area contributed by atoms with Gasteiger partial charge in [0.05, 0.1) is 5.56 Å². The van der Waals surface area contributed by atoms with E-state index in [1.54, 1.807) is 19.1 Å². The molecule has 0 saturated heterocycles. The van der Waals surface area contributed by atoms with Gasteiger partial charge in [-0.2, -0.15) is 0 Å². The van der Waals surface area contributed by atoms with E-state index in [1.165, 1.54) is 6.07 Å². The number of hydrogen-bond acceptors (Lipinski definition) is 1. The third-order valence-electron chi connectivity index (χ3n) is 1.74. The number of benzene rings is 1. The summed E-state index contributed by atoms with van der Waals surface area (Å²) >= 11 is 0. The maximum atomic E-state index is 13.0. The molecule has 0 N–H and O–H groups in total. The largest absolute Gasteiger partial charge is 0.294 e.